The number of rotatable bonds is 9. The Morgan fingerprint density at radius 2 is 1.53 bits per heavy atom. The van der Waals surface area contributed by atoms with Gasteiger partial charge in [-0.1, -0.05) is 60.7 Å². The SMILES string of the molecule is COc1cc2c(cc1OC)[C@H](NC(=O)CCc1ccccc1)[C@@H](OCc1ccccc1)C2. The van der Waals surface area contributed by atoms with Gasteiger partial charge in [0, 0.05) is 12.8 Å². The van der Waals surface area contributed by atoms with Gasteiger partial charge in [-0.3, -0.25) is 4.79 Å². The number of aryl methyl sites for hydroxylation is 1. The van der Waals surface area contributed by atoms with E-state index in [1.54, 1.807) is 14.2 Å². The molecule has 4 rings (SSSR count). The summed E-state index contributed by atoms with van der Waals surface area (Å²) >= 11 is 0. The predicted molar refractivity (Wildman–Crippen MR) is 124 cm³/mol. The first-order valence-electron chi connectivity index (χ1n) is 10.9. The number of fused-ring (bicyclic) bond motifs is 1. The molecule has 0 aromatic heterocycles. The maximum absolute atomic E-state index is 12.9. The van der Waals surface area contributed by atoms with E-state index in [2.05, 4.69) is 5.32 Å². The number of ether oxygens (including phenoxy) is 3. The van der Waals surface area contributed by atoms with Crippen molar-refractivity contribution in [1.82, 2.24) is 5.32 Å². The van der Waals surface area contributed by atoms with Crippen molar-refractivity contribution in [3.8, 4) is 11.5 Å². The van der Waals surface area contributed by atoms with Crippen molar-refractivity contribution in [2.75, 3.05) is 14.2 Å². The van der Waals surface area contributed by atoms with E-state index in [-0.39, 0.29) is 18.1 Å². The van der Waals surface area contributed by atoms with Crippen LogP contribution in [-0.2, 0) is 29.0 Å². The molecule has 0 aliphatic heterocycles. The summed E-state index contributed by atoms with van der Waals surface area (Å²) in [6.07, 6.45) is 1.66. The molecule has 0 spiro atoms. The summed E-state index contributed by atoms with van der Waals surface area (Å²) in [4.78, 5) is 12.9. The van der Waals surface area contributed by atoms with E-state index in [0.717, 1.165) is 22.3 Å². The molecule has 0 saturated carbocycles. The molecule has 1 aliphatic carbocycles. The molecule has 1 N–H and O–H groups in total. The molecule has 0 bridgehead atoms. The number of nitrogens with one attached hydrogen (secondary N) is 1. The first kappa shape index (κ1) is 21.9. The molecule has 32 heavy (non-hydrogen) atoms. The summed E-state index contributed by atoms with van der Waals surface area (Å²) in [7, 11) is 3.25. The predicted octanol–water partition coefficient (Wildman–Crippen LogP) is 4.64. The zero-order valence-corrected chi connectivity index (χ0v) is 18.5. The summed E-state index contributed by atoms with van der Waals surface area (Å²) in [6.45, 7) is 0.490. The fourth-order valence-corrected chi connectivity index (χ4v) is 4.19. The normalized spacial score (nSPS) is 16.9. The third kappa shape index (κ3) is 5.11. The molecule has 0 saturated heterocycles. The van der Waals surface area contributed by atoms with Crippen LogP contribution in [0.5, 0.6) is 11.5 Å². The van der Waals surface area contributed by atoms with E-state index in [1.807, 2.05) is 72.8 Å². The van der Waals surface area contributed by atoms with Crippen molar-refractivity contribution < 1.29 is 19.0 Å². The van der Waals surface area contributed by atoms with Crippen molar-refractivity contribution in [1.29, 1.82) is 0 Å². The van der Waals surface area contributed by atoms with Crippen LogP contribution in [0.1, 0.15) is 34.7 Å². The van der Waals surface area contributed by atoms with Crippen molar-refractivity contribution >= 4 is 5.91 Å². The molecule has 0 heterocycles. The summed E-state index contributed by atoms with van der Waals surface area (Å²) in [5.41, 5.74) is 4.38. The molecule has 5 heteroatoms. The maximum atomic E-state index is 12.9. The Morgan fingerprint density at radius 3 is 2.19 bits per heavy atom. The zero-order chi connectivity index (χ0) is 22.3. The van der Waals surface area contributed by atoms with Gasteiger partial charge in [0.05, 0.1) is 33.0 Å². The number of methoxy groups -OCH3 is 2. The first-order valence-corrected chi connectivity index (χ1v) is 10.9. The fraction of sp³-hybridized carbons (Fsp3) is 0.296. The highest BCUT2D eigenvalue weighted by Crippen LogP contribution is 2.40. The minimum Gasteiger partial charge on any atom is -0.493 e. The van der Waals surface area contributed by atoms with Gasteiger partial charge in [0.25, 0.3) is 0 Å². The highest BCUT2D eigenvalue weighted by Gasteiger charge is 2.35. The van der Waals surface area contributed by atoms with Gasteiger partial charge in [-0.05, 0) is 40.8 Å². The van der Waals surface area contributed by atoms with Crippen LogP contribution in [0.2, 0.25) is 0 Å². The molecule has 0 radical (unpaired) electrons. The fourth-order valence-electron chi connectivity index (χ4n) is 4.19. The summed E-state index contributed by atoms with van der Waals surface area (Å²) in [5.74, 6) is 1.34. The lowest BCUT2D eigenvalue weighted by atomic mass is 10.1. The molecule has 3 aromatic carbocycles. The topological polar surface area (TPSA) is 56.8 Å². The van der Waals surface area contributed by atoms with E-state index in [1.165, 1.54) is 0 Å². The highest BCUT2D eigenvalue weighted by atomic mass is 16.5. The van der Waals surface area contributed by atoms with Crippen LogP contribution in [-0.4, -0.2) is 26.2 Å². The Morgan fingerprint density at radius 1 is 0.906 bits per heavy atom. The molecule has 0 unspecified atom stereocenters. The van der Waals surface area contributed by atoms with Crippen LogP contribution in [0.25, 0.3) is 0 Å². The Labute approximate surface area is 189 Å². The van der Waals surface area contributed by atoms with Crippen molar-refractivity contribution in [3.05, 3.63) is 95.1 Å². The second-order valence-electron chi connectivity index (χ2n) is 7.98. The summed E-state index contributed by atoms with van der Waals surface area (Å²) in [5, 5.41) is 3.22. The second-order valence-corrected chi connectivity index (χ2v) is 7.98. The molecule has 1 amide bonds. The lowest BCUT2D eigenvalue weighted by molar-refractivity contribution is -0.123. The van der Waals surface area contributed by atoms with Crippen LogP contribution < -0.4 is 14.8 Å². The first-order chi connectivity index (χ1) is 15.7. The number of amides is 1. The smallest absolute Gasteiger partial charge is 0.220 e. The average Bonchev–Trinajstić information content (AvgIpc) is 3.17. The Kier molecular flexibility index (Phi) is 7.07. The molecule has 5 nitrogen and oxygen atoms in total. The largest absolute Gasteiger partial charge is 0.493 e. The molecule has 0 fully saturated rings. The van der Waals surface area contributed by atoms with Crippen molar-refractivity contribution in [2.45, 2.75) is 38.0 Å². The van der Waals surface area contributed by atoms with Gasteiger partial charge in [0.1, 0.15) is 0 Å². The van der Waals surface area contributed by atoms with Gasteiger partial charge in [-0.2, -0.15) is 0 Å². The van der Waals surface area contributed by atoms with Crippen LogP contribution in [0.15, 0.2) is 72.8 Å². The molecular formula is C27H29NO4. The second kappa shape index (κ2) is 10.3. The lowest BCUT2D eigenvalue weighted by Gasteiger charge is -2.23. The number of benzene rings is 3. The van der Waals surface area contributed by atoms with Crippen molar-refractivity contribution in [2.24, 2.45) is 0 Å². The zero-order valence-electron chi connectivity index (χ0n) is 18.5. The molecule has 1 aliphatic rings. The van der Waals surface area contributed by atoms with Gasteiger partial charge >= 0.3 is 0 Å². The van der Waals surface area contributed by atoms with E-state index in [4.69, 9.17) is 14.2 Å². The third-order valence-electron chi connectivity index (χ3n) is 5.88. The van der Waals surface area contributed by atoms with Crippen LogP contribution >= 0.6 is 0 Å². The van der Waals surface area contributed by atoms with Crippen molar-refractivity contribution in [3.63, 3.8) is 0 Å². The Bertz CT molecular complexity index is 1040. The van der Waals surface area contributed by atoms with E-state index < -0.39 is 0 Å². The monoisotopic (exact) mass is 431 g/mol. The van der Waals surface area contributed by atoms with E-state index >= 15 is 0 Å². The van der Waals surface area contributed by atoms with Crippen LogP contribution in [0, 0.1) is 0 Å². The maximum Gasteiger partial charge on any atom is 0.220 e. The van der Waals surface area contributed by atoms with Gasteiger partial charge in [-0.25, -0.2) is 0 Å². The molecule has 2 atom stereocenters. The number of hydrogen-bond donors (Lipinski definition) is 1. The standard InChI is InChI=1S/C27H29NO4/c1-30-23-15-21-16-25(32-18-20-11-7-4-8-12-20)27(22(21)17-24(23)31-2)28-26(29)14-13-19-9-5-3-6-10-19/h3-12,15,17,25,27H,13-14,16,18H2,1-2H3,(H,28,29)/t25-,27-/m0/s1. The van der Waals surface area contributed by atoms with Gasteiger partial charge in [0.2, 0.25) is 5.91 Å². The van der Waals surface area contributed by atoms with Gasteiger partial charge < -0.3 is 19.5 Å². The highest BCUT2D eigenvalue weighted by molar-refractivity contribution is 5.77. The van der Waals surface area contributed by atoms with Crippen LogP contribution in [0.4, 0.5) is 0 Å². The molecule has 166 valence electrons. The van der Waals surface area contributed by atoms with Gasteiger partial charge in [-0.15, -0.1) is 0 Å². The van der Waals surface area contributed by atoms with Crippen LogP contribution in [0.3, 0.4) is 0 Å². The van der Waals surface area contributed by atoms with Gasteiger partial charge in [0.15, 0.2) is 11.5 Å². The van der Waals surface area contributed by atoms with E-state index in [0.29, 0.717) is 37.4 Å². The number of hydrogen-bond acceptors (Lipinski definition) is 4. The third-order valence-corrected chi connectivity index (χ3v) is 5.88. The number of carbonyl (C=O) groups is 1. The molecule has 3 aromatic rings. The Balaban J connectivity index is 1.51. The minimum atomic E-state index is -0.239. The van der Waals surface area contributed by atoms with E-state index in [9.17, 15) is 4.79 Å². The summed E-state index contributed by atoms with van der Waals surface area (Å²) < 4.78 is 17.3. The number of carbonyl (C=O) groups excluding carboxylic acids is 1. The minimum absolute atomic E-state index is 0.00907. The summed E-state index contributed by atoms with van der Waals surface area (Å²) in [6, 6.07) is 23.8. The average molecular weight is 432 g/mol. The lowest BCUT2D eigenvalue weighted by Crippen LogP contribution is -2.35. The quantitative estimate of drug-likeness (QED) is 0.537. The Hall–Kier alpha value is -3.31. The molecular weight excluding hydrogens is 402 g/mol.